The van der Waals surface area contributed by atoms with Crippen LogP contribution in [-0.2, 0) is 9.53 Å². The molecule has 0 saturated carbocycles. The highest BCUT2D eigenvalue weighted by molar-refractivity contribution is 6.22. The zero-order valence-electron chi connectivity index (χ0n) is 15.9. The second-order valence-electron chi connectivity index (χ2n) is 6.63. The minimum atomic E-state index is -0.802. The van der Waals surface area contributed by atoms with Gasteiger partial charge >= 0.3 is 5.97 Å². The SMILES string of the molecule is CC[C@@H](C)N1C(=O)c2ccc(C(=O)OCC(=O)Nc3ccc(F)cc3)cc2C1=O. The lowest BCUT2D eigenvalue weighted by molar-refractivity contribution is -0.119. The fourth-order valence-electron chi connectivity index (χ4n) is 2.91. The van der Waals surface area contributed by atoms with Crippen LogP contribution in [0.1, 0.15) is 51.3 Å². The molecule has 0 fully saturated rings. The third-order valence-electron chi connectivity index (χ3n) is 4.65. The number of fused-ring (bicyclic) bond motifs is 1. The summed E-state index contributed by atoms with van der Waals surface area (Å²) in [5, 5.41) is 2.47. The first-order valence-electron chi connectivity index (χ1n) is 9.06. The Bertz CT molecular complexity index is 987. The van der Waals surface area contributed by atoms with Crippen molar-refractivity contribution >= 4 is 29.4 Å². The van der Waals surface area contributed by atoms with Crippen molar-refractivity contribution in [2.45, 2.75) is 26.3 Å². The van der Waals surface area contributed by atoms with Crippen molar-refractivity contribution < 1.29 is 28.3 Å². The number of nitrogens with zero attached hydrogens (tertiary/aromatic N) is 1. The van der Waals surface area contributed by atoms with Gasteiger partial charge in [0.2, 0.25) is 0 Å². The van der Waals surface area contributed by atoms with E-state index < -0.39 is 36.1 Å². The van der Waals surface area contributed by atoms with E-state index in [1.807, 2.05) is 6.92 Å². The van der Waals surface area contributed by atoms with Gasteiger partial charge in [-0.15, -0.1) is 0 Å². The summed E-state index contributed by atoms with van der Waals surface area (Å²) in [4.78, 5) is 50.2. The maximum Gasteiger partial charge on any atom is 0.338 e. The number of halogens is 1. The molecule has 0 unspecified atom stereocenters. The Morgan fingerprint density at radius 2 is 1.72 bits per heavy atom. The number of carbonyl (C=O) groups is 4. The van der Waals surface area contributed by atoms with Gasteiger partial charge in [-0.25, -0.2) is 9.18 Å². The zero-order chi connectivity index (χ0) is 21.1. The van der Waals surface area contributed by atoms with E-state index in [-0.39, 0.29) is 22.7 Å². The molecule has 3 rings (SSSR count). The first-order valence-corrected chi connectivity index (χ1v) is 9.06. The predicted octanol–water partition coefficient (Wildman–Crippen LogP) is 3.02. The van der Waals surface area contributed by atoms with Gasteiger partial charge in [-0.3, -0.25) is 19.3 Å². The fraction of sp³-hybridized carbons (Fsp3) is 0.238. The number of hydrogen-bond donors (Lipinski definition) is 1. The summed E-state index contributed by atoms with van der Waals surface area (Å²) in [6.07, 6.45) is 0.615. The maximum atomic E-state index is 12.9. The van der Waals surface area contributed by atoms with E-state index in [0.29, 0.717) is 12.1 Å². The molecule has 0 bridgehead atoms. The van der Waals surface area contributed by atoms with Gasteiger partial charge in [0.15, 0.2) is 6.61 Å². The standard InChI is InChI=1S/C21H19FN2O5/c1-3-12(2)24-19(26)16-9-4-13(10-17(16)20(24)27)21(28)29-11-18(25)23-15-7-5-14(22)6-8-15/h4-10,12H,3,11H2,1-2H3,(H,23,25)/t12-/m1/s1. The lowest BCUT2D eigenvalue weighted by Crippen LogP contribution is -2.37. The van der Waals surface area contributed by atoms with Crippen LogP contribution in [0, 0.1) is 5.82 Å². The predicted molar refractivity (Wildman–Crippen MR) is 102 cm³/mol. The van der Waals surface area contributed by atoms with Crippen LogP contribution in [0.4, 0.5) is 10.1 Å². The van der Waals surface area contributed by atoms with E-state index in [1.54, 1.807) is 6.92 Å². The molecule has 1 aliphatic rings. The monoisotopic (exact) mass is 398 g/mol. The Balaban J connectivity index is 1.65. The summed E-state index contributed by atoms with van der Waals surface area (Å²) in [5.74, 6) is -2.68. The fourth-order valence-corrected chi connectivity index (χ4v) is 2.91. The minimum absolute atomic E-state index is 0.0606. The number of carbonyl (C=O) groups excluding carboxylic acids is 4. The Kier molecular flexibility index (Phi) is 5.72. The molecule has 1 N–H and O–H groups in total. The smallest absolute Gasteiger partial charge is 0.338 e. The van der Waals surface area contributed by atoms with Crippen LogP contribution in [0.3, 0.4) is 0 Å². The Morgan fingerprint density at radius 1 is 1.07 bits per heavy atom. The summed E-state index contributed by atoms with van der Waals surface area (Å²) in [6, 6.07) is 8.96. The van der Waals surface area contributed by atoms with Crippen LogP contribution in [0.15, 0.2) is 42.5 Å². The first-order chi connectivity index (χ1) is 13.8. The van der Waals surface area contributed by atoms with Crippen LogP contribution in [-0.4, -0.2) is 41.2 Å². The molecule has 0 saturated heterocycles. The average Bonchev–Trinajstić information content (AvgIpc) is 2.97. The van der Waals surface area contributed by atoms with Gasteiger partial charge in [0.05, 0.1) is 16.7 Å². The third kappa shape index (κ3) is 4.16. The van der Waals surface area contributed by atoms with Crippen molar-refractivity contribution in [2.75, 3.05) is 11.9 Å². The molecule has 1 aliphatic heterocycles. The molecule has 150 valence electrons. The van der Waals surface area contributed by atoms with Crippen molar-refractivity contribution in [1.29, 1.82) is 0 Å². The highest BCUT2D eigenvalue weighted by atomic mass is 19.1. The number of ether oxygens (including phenoxy) is 1. The second-order valence-corrected chi connectivity index (χ2v) is 6.63. The van der Waals surface area contributed by atoms with Gasteiger partial charge in [0.1, 0.15) is 5.82 Å². The third-order valence-corrected chi connectivity index (χ3v) is 4.65. The Hall–Kier alpha value is -3.55. The van der Waals surface area contributed by atoms with E-state index in [1.165, 1.54) is 47.4 Å². The normalized spacial score (nSPS) is 13.8. The van der Waals surface area contributed by atoms with E-state index in [4.69, 9.17) is 4.74 Å². The molecule has 29 heavy (non-hydrogen) atoms. The van der Waals surface area contributed by atoms with Crippen LogP contribution in [0.25, 0.3) is 0 Å². The second kappa shape index (κ2) is 8.22. The lowest BCUT2D eigenvalue weighted by Gasteiger charge is -2.20. The molecule has 1 heterocycles. The van der Waals surface area contributed by atoms with Crippen molar-refractivity contribution in [2.24, 2.45) is 0 Å². The molecule has 0 aliphatic carbocycles. The van der Waals surface area contributed by atoms with E-state index in [0.717, 1.165) is 0 Å². The molecule has 3 amide bonds. The van der Waals surface area contributed by atoms with Gasteiger partial charge in [0, 0.05) is 11.7 Å². The van der Waals surface area contributed by atoms with Gasteiger partial charge in [-0.1, -0.05) is 6.92 Å². The molecule has 0 aromatic heterocycles. The summed E-state index contributed by atoms with van der Waals surface area (Å²) in [7, 11) is 0. The van der Waals surface area contributed by atoms with E-state index >= 15 is 0 Å². The van der Waals surface area contributed by atoms with Crippen LogP contribution < -0.4 is 5.32 Å². The Morgan fingerprint density at radius 3 is 2.38 bits per heavy atom. The highest BCUT2D eigenvalue weighted by Crippen LogP contribution is 2.26. The van der Waals surface area contributed by atoms with Crippen LogP contribution in [0.5, 0.6) is 0 Å². The number of imide groups is 1. The molecule has 7 nitrogen and oxygen atoms in total. The summed E-state index contributed by atoms with van der Waals surface area (Å²) < 4.78 is 17.8. The lowest BCUT2D eigenvalue weighted by atomic mass is 10.1. The van der Waals surface area contributed by atoms with Gasteiger partial charge in [-0.2, -0.15) is 0 Å². The highest BCUT2D eigenvalue weighted by Gasteiger charge is 2.38. The van der Waals surface area contributed by atoms with Gasteiger partial charge in [0.25, 0.3) is 17.7 Å². The molecule has 0 spiro atoms. The minimum Gasteiger partial charge on any atom is -0.452 e. The number of anilines is 1. The molecule has 2 aromatic carbocycles. The van der Waals surface area contributed by atoms with Crippen molar-refractivity contribution in [3.63, 3.8) is 0 Å². The Labute approximate surface area is 166 Å². The number of esters is 1. The number of benzene rings is 2. The summed E-state index contributed by atoms with van der Waals surface area (Å²) in [5.41, 5.74) is 0.797. The first kappa shape index (κ1) is 20.2. The zero-order valence-corrected chi connectivity index (χ0v) is 15.9. The number of rotatable bonds is 6. The van der Waals surface area contributed by atoms with Crippen molar-refractivity contribution in [3.8, 4) is 0 Å². The molecular weight excluding hydrogens is 379 g/mol. The van der Waals surface area contributed by atoms with Crippen molar-refractivity contribution in [1.82, 2.24) is 4.90 Å². The molecule has 2 aromatic rings. The molecule has 0 radical (unpaired) electrons. The summed E-state index contributed by atoms with van der Waals surface area (Å²) in [6.45, 7) is 3.09. The van der Waals surface area contributed by atoms with Crippen LogP contribution >= 0.6 is 0 Å². The number of hydrogen-bond acceptors (Lipinski definition) is 5. The molecule has 8 heteroatoms. The average molecular weight is 398 g/mol. The molecule has 1 atom stereocenters. The molecular formula is C21H19FN2O5. The topological polar surface area (TPSA) is 92.8 Å². The van der Waals surface area contributed by atoms with Crippen LogP contribution in [0.2, 0.25) is 0 Å². The van der Waals surface area contributed by atoms with Gasteiger partial charge < -0.3 is 10.1 Å². The maximum absolute atomic E-state index is 12.9. The largest absolute Gasteiger partial charge is 0.452 e. The van der Waals surface area contributed by atoms with Crippen molar-refractivity contribution in [3.05, 3.63) is 65.0 Å². The van der Waals surface area contributed by atoms with Gasteiger partial charge in [-0.05, 0) is 55.8 Å². The quantitative estimate of drug-likeness (QED) is 0.596. The number of nitrogens with one attached hydrogen (secondary N) is 1. The number of amides is 3. The van der Waals surface area contributed by atoms with E-state index in [2.05, 4.69) is 5.32 Å². The summed E-state index contributed by atoms with van der Waals surface area (Å²) >= 11 is 0. The van der Waals surface area contributed by atoms with E-state index in [9.17, 15) is 23.6 Å².